The number of hydrogen-bond acceptors (Lipinski definition) is 5. The predicted molar refractivity (Wildman–Crippen MR) is 52.2 cm³/mol. The van der Waals surface area contributed by atoms with Crippen molar-refractivity contribution in [3.05, 3.63) is 12.3 Å². The molecule has 2 heterocycles. The van der Waals surface area contributed by atoms with Gasteiger partial charge in [-0.2, -0.15) is 0 Å². The van der Waals surface area contributed by atoms with E-state index in [2.05, 4.69) is 0 Å². The van der Waals surface area contributed by atoms with E-state index in [1.807, 2.05) is 6.92 Å². The lowest BCUT2D eigenvalue weighted by Gasteiger charge is -2.37. The summed E-state index contributed by atoms with van der Waals surface area (Å²) < 4.78 is 10.6. The monoisotopic (exact) mass is 226 g/mol. The van der Waals surface area contributed by atoms with E-state index in [0.717, 1.165) is 0 Å². The van der Waals surface area contributed by atoms with E-state index in [0.29, 0.717) is 12.8 Å². The molecule has 1 aliphatic carbocycles. The Hall–Kier alpha value is -0.910. The molecule has 0 amide bonds. The summed E-state index contributed by atoms with van der Waals surface area (Å²) >= 11 is 0. The van der Waals surface area contributed by atoms with Crippen LogP contribution in [-0.4, -0.2) is 39.6 Å². The van der Waals surface area contributed by atoms with Gasteiger partial charge in [0.1, 0.15) is 6.10 Å². The minimum Gasteiger partial charge on any atom is -0.463 e. The number of carbonyl (C=O) groups excluding carboxylic acids is 1. The Balaban J connectivity index is 2.03. The van der Waals surface area contributed by atoms with Crippen molar-refractivity contribution in [2.75, 3.05) is 0 Å². The van der Waals surface area contributed by atoms with Crippen LogP contribution in [0.25, 0.3) is 0 Å². The average molecular weight is 226 g/mol. The van der Waals surface area contributed by atoms with Gasteiger partial charge in [0.25, 0.3) is 5.79 Å². The highest BCUT2D eigenvalue weighted by Crippen LogP contribution is 2.62. The molecule has 5 nitrogen and oxygen atoms in total. The summed E-state index contributed by atoms with van der Waals surface area (Å²) in [5.41, 5.74) is -1.35. The Morgan fingerprint density at radius 2 is 2.31 bits per heavy atom. The second-order valence-corrected chi connectivity index (χ2v) is 4.65. The maximum Gasteiger partial charge on any atom is 0.277 e. The van der Waals surface area contributed by atoms with E-state index in [1.165, 1.54) is 12.3 Å². The highest BCUT2D eigenvalue weighted by atomic mass is 16.8. The molecule has 5 atom stereocenters. The van der Waals surface area contributed by atoms with Gasteiger partial charge in [0.2, 0.25) is 5.60 Å². The van der Waals surface area contributed by atoms with Gasteiger partial charge in [-0.05, 0) is 12.3 Å². The van der Waals surface area contributed by atoms with E-state index in [1.54, 1.807) is 0 Å². The molecule has 1 saturated heterocycles. The third-order valence-corrected chi connectivity index (χ3v) is 3.97. The topological polar surface area (TPSA) is 79.3 Å². The quantitative estimate of drug-likeness (QED) is 0.601. The van der Waals surface area contributed by atoms with Crippen LogP contribution >= 0.6 is 0 Å². The number of aliphatic hydroxyl groups excluding tert-OH is 2. The van der Waals surface area contributed by atoms with Crippen molar-refractivity contribution in [3.63, 3.8) is 0 Å². The molecule has 1 saturated carbocycles. The van der Waals surface area contributed by atoms with Crippen molar-refractivity contribution in [1.82, 2.24) is 0 Å². The van der Waals surface area contributed by atoms with Gasteiger partial charge in [-0.3, -0.25) is 4.79 Å². The molecule has 2 aliphatic heterocycles. The highest BCUT2D eigenvalue weighted by Gasteiger charge is 2.86. The lowest BCUT2D eigenvalue weighted by atomic mass is 9.72. The number of hydrogen-bond donors (Lipinski definition) is 2. The van der Waals surface area contributed by atoms with Gasteiger partial charge in [-0.1, -0.05) is 13.3 Å². The van der Waals surface area contributed by atoms with Crippen LogP contribution in [0, 0.1) is 5.92 Å². The lowest BCUT2D eigenvalue weighted by Crippen LogP contribution is -2.58. The van der Waals surface area contributed by atoms with Crippen LogP contribution in [0.5, 0.6) is 0 Å². The van der Waals surface area contributed by atoms with E-state index in [-0.39, 0.29) is 11.7 Å². The fourth-order valence-corrected chi connectivity index (χ4v) is 2.96. The Labute approximate surface area is 92.7 Å². The van der Waals surface area contributed by atoms with Gasteiger partial charge in [0, 0.05) is 6.08 Å². The maximum atomic E-state index is 11.8. The molecule has 0 unspecified atom stereocenters. The van der Waals surface area contributed by atoms with Crippen molar-refractivity contribution in [2.45, 2.75) is 43.4 Å². The van der Waals surface area contributed by atoms with E-state index < -0.39 is 23.6 Å². The fraction of sp³-hybridized carbons (Fsp3) is 0.727. The van der Waals surface area contributed by atoms with Gasteiger partial charge in [0.15, 0.2) is 5.78 Å². The summed E-state index contributed by atoms with van der Waals surface area (Å²) in [4.78, 5) is 11.8. The molecule has 0 spiro atoms. The van der Waals surface area contributed by atoms with Crippen LogP contribution in [0.4, 0.5) is 0 Å². The van der Waals surface area contributed by atoms with Gasteiger partial charge >= 0.3 is 0 Å². The van der Waals surface area contributed by atoms with Gasteiger partial charge in [-0.15, -0.1) is 0 Å². The third kappa shape index (κ3) is 0.863. The smallest absolute Gasteiger partial charge is 0.277 e. The predicted octanol–water partition coefficient (Wildman–Crippen LogP) is -0.284. The molecule has 0 bridgehead atoms. The van der Waals surface area contributed by atoms with Crippen LogP contribution in [-0.2, 0) is 14.3 Å². The fourth-order valence-electron chi connectivity index (χ4n) is 2.96. The SMILES string of the molecule is CC[C@@H]1C[C@H](O)[C@@]23O[C@@]2(OC=CC3=O)[C@H]1O. The zero-order valence-corrected chi connectivity index (χ0v) is 8.92. The summed E-state index contributed by atoms with van der Waals surface area (Å²) in [6, 6.07) is 0. The maximum absolute atomic E-state index is 11.8. The van der Waals surface area contributed by atoms with Crippen molar-refractivity contribution >= 4 is 5.78 Å². The van der Waals surface area contributed by atoms with Gasteiger partial charge in [0.05, 0.1) is 12.4 Å². The second-order valence-electron chi connectivity index (χ2n) is 4.65. The zero-order chi connectivity index (χ0) is 11.6. The number of aliphatic hydroxyl groups is 2. The van der Waals surface area contributed by atoms with Crippen LogP contribution < -0.4 is 0 Å². The van der Waals surface area contributed by atoms with Gasteiger partial charge < -0.3 is 19.7 Å². The molecule has 0 aromatic rings. The third-order valence-electron chi connectivity index (χ3n) is 3.97. The Morgan fingerprint density at radius 1 is 1.56 bits per heavy atom. The van der Waals surface area contributed by atoms with Crippen molar-refractivity contribution < 1.29 is 24.5 Å². The number of epoxide rings is 1. The Morgan fingerprint density at radius 3 is 3.00 bits per heavy atom. The standard InChI is InChI=1S/C11H14O5/c1-2-6-5-8(13)10-7(12)3-4-15-11(10,16-10)9(6)14/h3-4,6,8-9,13-14H,2,5H2,1H3/t6-,8+,9+,10-,11+/m1/s1. The number of rotatable bonds is 1. The summed E-state index contributed by atoms with van der Waals surface area (Å²) in [6.07, 6.45) is 1.78. The molecule has 88 valence electrons. The Kier molecular flexibility index (Phi) is 1.83. The van der Waals surface area contributed by atoms with Crippen molar-refractivity contribution in [2.24, 2.45) is 5.92 Å². The molecule has 0 aromatic heterocycles. The highest BCUT2D eigenvalue weighted by molar-refractivity contribution is 6.02. The van der Waals surface area contributed by atoms with Crippen LogP contribution in [0.15, 0.2) is 12.3 Å². The summed E-state index contributed by atoms with van der Waals surface area (Å²) in [5, 5.41) is 20.2. The van der Waals surface area contributed by atoms with E-state index in [9.17, 15) is 15.0 Å². The molecule has 16 heavy (non-hydrogen) atoms. The molecule has 0 radical (unpaired) electrons. The molecular weight excluding hydrogens is 212 g/mol. The first kappa shape index (κ1) is 10.3. The van der Waals surface area contributed by atoms with E-state index >= 15 is 0 Å². The molecule has 3 rings (SSSR count). The number of ketones is 1. The minimum atomic E-state index is -1.35. The first-order valence-corrected chi connectivity index (χ1v) is 5.53. The molecule has 2 fully saturated rings. The van der Waals surface area contributed by atoms with Crippen LogP contribution in [0.2, 0.25) is 0 Å². The van der Waals surface area contributed by atoms with Crippen LogP contribution in [0.1, 0.15) is 19.8 Å². The largest absolute Gasteiger partial charge is 0.463 e. The van der Waals surface area contributed by atoms with Crippen molar-refractivity contribution in [1.29, 1.82) is 0 Å². The normalized spacial score (nSPS) is 53.9. The summed E-state index contributed by atoms with van der Waals surface area (Å²) in [7, 11) is 0. The molecule has 2 N–H and O–H groups in total. The second kappa shape index (κ2) is 2.85. The molecule has 0 aromatic carbocycles. The van der Waals surface area contributed by atoms with E-state index in [4.69, 9.17) is 9.47 Å². The summed E-state index contributed by atoms with van der Waals surface area (Å²) in [5.74, 6) is -1.76. The zero-order valence-electron chi connectivity index (χ0n) is 8.92. The Bertz CT molecular complexity index is 379. The molecule has 3 aliphatic rings. The first-order chi connectivity index (χ1) is 7.58. The molecular formula is C11H14O5. The van der Waals surface area contributed by atoms with Gasteiger partial charge in [-0.25, -0.2) is 0 Å². The van der Waals surface area contributed by atoms with Crippen LogP contribution in [0.3, 0.4) is 0 Å². The first-order valence-electron chi connectivity index (χ1n) is 5.53. The minimum absolute atomic E-state index is 0.107. The summed E-state index contributed by atoms with van der Waals surface area (Å²) in [6.45, 7) is 1.92. The number of ether oxygens (including phenoxy) is 2. The average Bonchev–Trinajstić information content (AvgIpc) is 2.98. The van der Waals surface area contributed by atoms with Crippen molar-refractivity contribution in [3.8, 4) is 0 Å². The lowest BCUT2D eigenvalue weighted by molar-refractivity contribution is -0.144. The number of carbonyl (C=O) groups is 1. The molecule has 5 heteroatoms.